The zero-order valence-electron chi connectivity index (χ0n) is 10.6. The standard InChI is InChI=1S/C17H13NO/c1-12-16-14(8-5-9-15(16)18-17(12)19)11-10-13-6-3-2-4-7-13/h2-9,18-19H,1H3. The lowest BCUT2D eigenvalue weighted by molar-refractivity contribution is 0.454. The molecule has 0 saturated heterocycles. The summed E-state index contributed by atoms with van der Waals surface area (Å²) in [5.41, 5.74) is 3.66. The molecule has 0 spiro atoms. The number of benzene rings is 2. The highest BCUT2D eigenvalue weighted by molar-refractivity contribution is 5.91. The van der Waals surface area contributed by atoms with Gasteiger partial charge < -0.3 is 10.1 Å². The molecule has 0 aliphatic carbocycles. The number of nitrogens with one attached hydrogen (secondary N) is 1. The molecule has 92 valence electrons. The first-order valence-electron chi connectivity index (χ1n) is 6.13. The Balaban J connectivity index is 2.14. The molecule has 2 N–H and O–H groups in total. The van der Waals surface area contributed by atoms with Gasteiger partial charge in [-0.15, -0.1) is 0 Å². The van der Waals surface area contributed by atoms with E-state index in [-0.39, 0.29) is 5.88 Å². The van der Waals surface area contributed by atoms with Crippen LogP contribution in [0.4, 0.5) is 0 Å². The van der Waals surface area contributed by atoms with Crippen LogP contribution in [0.15, 0.2) is 48.5 Å². The van der Waals surface area contributed by atoms with Gasteiger partial charge in [0.15, 0.2) is 5.88 Å². The number of hydrogen-bond acceptors (Lipinski definition) is 1. The predicted octanol–water partition coefficient (Wildman–Crippen LogP) is 3.58. The van der Waals surface area contributed by atoms with Crippen molar-refractivity contribution in [1.29, 1.82) is 0 Å². The van der Waals surface area contributed by atoms with E-state index in [2.05, 4.69) is 16.8 Å². The summed E-state index contributed by atoms with van der Waals surface area (Å²) in [4.78, 5) is 2.95. The summed E-state index contributed by atoms with van der Waals surface area (Å²) in [6.45, 7) is 1.89. The van der Waals surface area contributed by atoms with Crippen LogP contribution in [0, 0.1) is 18.8 Å². The van der Waals surface area contributed by atoms with E-state index >= 15 is 0 Å². The SMILES string of the molecule is Cc1c(O)[nH]c2cccc(C#Cc3ccccc3)c12. The zero-order valence-corrected chi connectivity index (χ0v) is 10.6. The number of aromatic nitrogens is 1. The Morgan fingerprint density at radius 2 is 1.74 bits per heavy atom. The molecule has 3 aromatic rings. The number of rotatable bonds is 0. The lowest BCUT2D eigenvalue weighted by Crippen LogP contribution is -1.79. The number of aromatic hydroxyl groups is 1. The quantitative estimate of drug-likeness (QED) is 0.585. The smallest absolute Gasteiger partial charge is 0.192 e. The molecule has 19 heavy (non-hydrogen) atoms. The van der Waals surface area contributed by atoms with Crippen molar-refractivity contribution in [2.75, 3.05) is 0 Å². The van der Waals surface area contributed by atoms with Crippen LogP contribution < -0.4 is 0 Å². The molecule has 0 saturated carbocycles. The highest BCUT2D eigenvalue weighted by atomic mass is 16.3. The van der Waals surface area contributed by atoms with Crippen molar-refractivity contribution in [3.05, 3.63) is 65.2 Å². The second kappa shape index (κ2) is 4.55. The number of hydrogen-bond donors (Lipinski definition) is 2. The van der Waals surface area contributed by atoms with Crippen LogP contribution in [-0.4, -0.2) is 10.1 Å². The number of aromatic amines is 1. The maximum Gasteiger partial charge on any atom is 0.192 e. The third-order valence-corrected chi connectivity index (χ3v) is 3.16. The molecule has 2 heteroatoms. The molecule has 1 aromatic heterocycles. The third-order valence-electron chi connectivity index (χ3n) is 3.16. The minimum atomic E-state index is 0.212. The minimum absolute atomic E-state index is 0.212. The Morgan fingerprint density at radius 1 is 0.947 bits per heavy atom. The van der Waals surface area contributed by atoms with Crippen molar-refractivity contribution < 1.29 is 5.11 Å². The number of fused-ring (bicyclic) bond motifs is 1. The van der Waals surface area contributed by atoms with Gasteiger partial charge in [0.1, 0.15) is 0 Å². The predicted molar refractivity (Wildman–Crippen MR) is 77.1 cm³/mol. The fourth-order valence-electron chi connectivity index (χ4n) is 2.17. The molecular weight excluding hydrogens is 234 g/mol. The van der Waals surface area contributed by atoms with Crippen molar-refractivity contribution in [3.63, 3.8) is 0 Å². The van der Waals surface area contributed by atoms with E-state index in [1.165, 1.54) is 0 Å². The van der Waals surface area contributed by atoms with Gasteiger partial charge >= 0.3 is 0 Å². The summed E-state index contributed by atoms with van der Waals surface area (Å²) in [5.74, 6) is 6.53. The summed E-state index contributed by atoms with van der Waals surface area (Å²) in [6, 6.07) is 15.7. The largest absolute Gasteiger partial charge is 0.494 e. The molecular formula is C17H13NO. The molecule has 1 heterocycles. The van der Waals surface area contributed by atoms with E-state index < -0.39 is 0 Å². The molecule has 0 aliphatic heterocycles. The van der Waals surface area contributed by atoms with Crippen LogP contribution in [0.1, 0.15) is 16.7 Å². The van der Waals surface area contributed by atoms with E-state index in [1.807, 2.05) is 55.5 Å². The van der Waals surface area contributed by atoms with E-state index in [4.69, 9.17) is 0 Å². The van der Waals surface area contributed by atoms with Gasteiger partial charge in [-0.3, -0.25) is 0 Å². The van der Waals surface area contributed by atoms with Crippen LogP contribution in [0.5, 0.6) is 5.88 Å². The highest BCUT2D eigenvalue weighted by Crippen LogP contribution is 2.28. The van der Waals surface area contributed by atoms with Crippen molar-refractivity contribution in [2.24, 2.45) is 0 Å². The van der Waals surface area contributed by atoms with Gasteiger partial charge in [-0.05, 0) is 31.2 Å². The first-order valence-corrected chi connectivity index (χ1v) is 6.13. The van der Waals surface area contributed by atoms with E-state index in [1.54, 1.807) is 0 Å². The molecule has 0 aliphatic rings. The Labute approximate surface area is 111 Å². The maximum absolute atomic E-state index is 9.75. The average molecular weight is 247 g/mol. The summed E-state index contributed by atoms with van der Waals surface area (Å²) in [6.07, 6.45) is 0. The topological polar surface area (TPSA) is 36.0 Å². The van der Waals surface area contributed by atoms with Gasteiger partial charge in [0, 0.05) is 27.6 Å². The first kappa shape index (κ1) is 11.4. The summed E-state index contributed by atoms with van der Waals surface area (Å²) >= 11 is 0. The molecule has 2 aromatic carbocycles. The Morgan fingerprint density at radius 3 is 2.53 bits per heavy atom. The second-order valence-corrected chi connectivity index (χ2v) is 4.44. The summed E-state index contributed by atoms with van der Waals surface area (Å²) < 4.78 is 0. The Bertz CT molecular complexity index is 788. The van der Waals surface area contributed by atoms with Crippen LogP contribution in [0.3, 0.4) is 0 Å². The molecule has 0 fully saturated rings. The van der Waals surface area contributed by atoms with Gasteiger partial charge in [-0.1, -0.05) is 36.1 Å². The van der Waals surface area contributed by atoms with Crippen molar-refractivity contribution >= 4 is 10.9 Å². The lowest BCUT2D eigenvalue weighted by Gasteiger charge is -1.96. The Hall–Kier alpha value is -2.66. The molecule has 0 radical (unpaired) electrons. The fraction of sp³-hybridized carbons (Fsp3) is 0.0588. The van der Waals surface area contributed by atoms with Crippen molar-refractivity contribution in [1.82, 2.24) is 4.98 Å². The second-order valence-electron chi connectivity index (χ2n) is 4.44. The minimum Gasteiger partial charge on any atom is -0.494 e. The molecule has 0 atom stereocenters. The van der Waals surface area contributed by atoms with Gasteiger partial charge in [0.25, 0.3) is 0 Å². The average Bonchev–Trinajstić information content (AvgIpc) is 2.74. The first-order chi connectivity index (χ1) is 9.25. The molecule has 3 rings (SSSR count). The maximum atomic E-state index is 9.75. The fourth-order valence-corrected chi connectivity index (χ4v) is 2.17. The molecule has 0 bridgehead atoms. The van der Waals surface area contributed by atoms with E-state index in [0.29, 0.717) is 0 Å². The van der Waals surface area contributed by atoms with Crippen LogP contribution in [-0.2, 0) is 0 Å². The van der Waals surface area contributed by atoms with Gasteiger partial charge in [0.2, 0.25) is 0 Å². The molecule has 0 unspecified atom stereocenters. The van der Waals surface area contributed by atoms with Crippen LogP contribution in [0.2, 0.25) is 0 Å². The van der Waals surface area contributed by atoms with Gasteiger partial charge in [-0.25, -0.2) is 0 Å². The summed E-state index contributed by atoms with van der Waals surface area (Å²) in [5, 5.41) is 10.7. The van der Waals surface area contributed by atoms with Crippen LogP contribution in [0.25, 0.3) is 10.9 Å². The summed E-state index contributed by atoms with van der Waals surface area (Å²) in [7, 11) is 0. The third kappa shape index (κ3) is 2.07. The van der Waals surface area contributed by atoms with Gasteiger partial charge in [0.05, 0.1) is 0 Å². The van der Waals surface area contributed by atoms with E-state index in [9.17, 15) is 5.11 Å². The van der Waals surface area contributed by atoms with Crippen molar-refractivity contribution in [3.8, 4) is 17.7 Å². The number of aryl methyl sites for hydroxylation is 1. The monoisotopic (exact) mass is 247 g/mol. The normalized spacial score (nSPS) is 10.2. The lowest BCUT2D eigenvalue weighted by atomic mass is 10.1. The van der Waals surface area contributed by atoms with Gasteiger partial charge in [-0.2, -0.15) is 0 Å². The number of H-pyrrole nitrogens is 1. The molecule has 2 nitrogen and oxygen atoms in total. The van der Waals surface area contributed by atoms with Crippen molar-refractivity contribution in [2.45, 2.75) is 6.92 Å². The molecule has 0 amide bonds. The Kier molecular flexibility index (Phi) is 2.74. The van der Waals surface area contributed by atoms with E-state index in [0.717, 1.165) is 27.6 Å². The highest BCUT2D eigenvalue weighted by Gasteiger charge is 2.08. The van der Waals surface area contributed by atoms with Crippen LogP contribution >= 0.6 is 0 Å². The zero-order chi connectivity index (χ0) is 13.2.